The average molecular weight is 239 g/mol. The van der Waals surface area contributed by atoms with Gasteiger partial charge in [-0.3, -0.25) is 0 Å². The zero-order chi connectivity index (χ0) is 12.4. The second-order valence-electron chi connectivity index (χ2n) is 3.34. The number of halogens is 3. The Morgan fingerprint density at radius 2 is 1.88 bits per heavy atom. The van der Waals surface area contributed by atoms with Crippen molar-refractivity contribution >= 4 is 17.2 Å². The summed E-state index contributed by atoms with van der Waals surface area (Å²) in [7, 11) is 0. The van der Waals surface area contributed by atoms with E-state index >= 15 is 0 Å². The summed E-state index contributed by atoms with van der Waals surface area (Å²) in [4.78, 5) is 3.73. The van der Waals surface area contributed by atoms with Crippen LogP contribution in [0.1, 0.15) is 0 Å². The number of hydrogen-bond acceptors (Lipinski definition) is 3. The summed E-state index contributed by atoms with van der Waals surface area (Å²) in [5.41, 5.74) is 5.51. The van der Waals surface area contributed by atoms with Crippen LogP contribution in [0, 0.1) is 17.5 Å². The molecule has 3 nitrogen and oxygen atoms in total. The molecule has 17 heavy (non-hydrogen) atoms. The Morgan fingerprint density at radius 1 is 1.12 bits per heavy atom. The topological polar surface area (TPSA) is 50.9 Å². The third-order valence-corrected chi connectivity index (χ3v) is 2.05. The van der Waals surface area contributed by atoms with Crippen molar-refractivity contribution in [2.75, 3.05) is 11.1 Å². The first-order valence-corrected chi connectivity index (χ1v) is 4.69. The van der Waals surface area contributed by atoms with Gasteiger partial charge in [0.15, 0.2) is 11.6 Å². The van der Waals surface area contributed by atoms with E-state index in [0.29, 0.717) is 11.8 Å². The molecule has 1 heterocycles. The maximum Gasteiger partial charge on any atom is 0.182 e. The Morgan fingerprint density at radius 3 is 2.59 bits per heavy atom. The van der Waals surface area contributed by atoms with E-state index in [1.807, 2.05) is 0 Å². The minimum atomic E-state index is -1.26. The van der Waals surface area contributed by atoms with Gasteiger partial charge in [-0.1, -0.05) is 0 Å². The molecule has 0 saturated carbocycles. The van der Waals surface area contributed by atoms with Gasteiger partial charge in [-0.05, 0) is 6.07 Å². The number of aromatic nitrogens is 1. The Hall–Kier alpha value is -2.24. The number of pyridine rings is 1. The first-order valence-electron chi connectivity index (χ1n) is 4.69. The fraction of sp³-hybridized carbons (Fsp3) is 0. The zero-order valence-electron chi connectivity index (χ0n) is 8.55. The van der Waals surface area contributed by atoms with Gasteiger partial charge in [0.05, 0.1) is 5.69 Å². The molecular formula is C11H8F3N3. The summed E-state index contributed by atoms with van der Waals surface area (Å²) < 4.78 is 39.2. The van der Waals surface area contributed by atoms with E-state index in [1.165, 1.54) is 18.3 Å². The summed E-state index contributed by atoms with van der Waals surface area (Å²) in [5, 5.41) is 2.52. The highest BCUT2D eigenvalue weighted by atomic mass is 19.2. The van der Waals surface area contributed by atoms with Crippen LogP contribution in [-0.4, -0.2) is 4.98 Å². The number of anilines is 3. The highest BCUT2D eigenvalue weighted by molar-refractivity contribution is 5.62. The van der Waals surface area contributed by atoms with Crippen molar-refractivity contribution < 1.29 is 13.2 Å². The van der Waals surface area contributed by atoms with Crippen molar-refractivity contribution in [1.82, 2.24) is 4.98 Å². The van der Waals surface area contributed by atoms with E-state index < -0.39 is 17.5 Å². The predicted molar refractivity (Wildman–Crippen MR) is 58.2 cm³/mol. The lowest BCUT2D eigenvalue weighted by molar-refractivity contribution is 0.498. The molecule has 1 aromatic carbocycles. The number of nitrogens with one attached hydrogen (secondary N) is 1. The van der Waals surface area contributed by atoms with Gasteiger partial charge >= 0.3 is 0 Å². The second-order valence-corrected chi connectivity index (χ2v) is 3.34. The lowest BCUT2D eigenvalue weighted by Crippen LogP contribution is -1.99. The lowest BCUT2D eigenvalue weighted by atomic mass is 10.2. The van der Waals surface area contributed by atoms with Crippen molar-refractivity contribution in [3.05, 3.63) is 47.9 Å². The maximum absolute atomic E-state index is 13.3. The molecule has 3 N–H and O–H groups in total. The molecule has 0 aliphatic heterocycles. The van der Waals surface area contributed by atoms with Crippen molar-refractivity contribution in [3.8, 4) is 0 Å². The summed E-state index contributed by atoms with van der Waals surface area (Å²) >= 11 is 0. The Bertz CT molecular complexity index is 558. The van der Waals surface area contributed by atoms with Crippen LogP contribution in [0.4, 0.5) is 30.4 Å². The van der Waals surface area contributed by atoms with Crippen molar-refractivity contribution in [1.29, 1.82) is 0 Å². The summed E-state index contributed by atoms with van der Waals surface area (Å²) in [6.07, 6.45) is 1.39. The zero-order valence-corrected chi connectivity index (χ0v) is 8.55. The highest BCUT2D eigenvalue weighted by Crippen LogP contribution is 2.23. The van der Waals surface area contributed by atoms with Crippen molar-refractivity contribution in [2.24, 2.45) is 0 Å². The summed E-state index contributed by atoms with van der Waals surface area (Å²) in [6, 6.07) is 4.25. The van der Waals surface area contributed by atoms with Crippen LogP contribution in [-0.2, 0) is 0 Å². The highest BCUT2D eigenvalue weighted by Gasteiger charge is 2.11. The molecule has 0 aliphatic carbocycles. The Labute approximate surface area is 95.1 Å². The standard InChI is InChI=1S/C11H8F3N3/c12-6-3-8(13)11(14)9(4-6)17-7-1-2-16-10(15)5-7/h1-5H,(H3,15,16,17). The van der Waals surface area contributed by atoms with Crippen molar-refractivity contribution in [3.63, 3.8) is 0 Å². The minimum absolute atomic E-state index is 0.215. The van der Waals surface area contributed by atoms with Crippen LogP contribution >= 0.6 is 0 Å². The van der Waals surface area contributed by atoms with Gasteiger partial charge in [0.25, 0.3) is 0 Å². The third kappa shape index (κ3) is 2.47. The SMILES string of the molecule is Nc1cc(Nc2cc(F)cc(F)c2F)ccn1. The van der Waals surface area contributed by atoms with Gasteiger partial charge in [0, 0.05) is 30.1 Å². The molecule has 88 valence electrons. The minimum Gasteiger partial charge on any atom is -0.384 e. The molecule has 0 bridgehead atoms. The molecule has 2 rings (SSSR count). The summed E-state index contributed by atoms with van der Waals surface area (Å²) in [6.45, 7) is 0. The van der Waals surface area contributed by atoms with Crippen molar-refractivity contribution in [2.45, 2.75) is 0 Å². The van der Waals surface area contributed by atoms with Crippen LogP contribution in [0.5, 0.6) is 0 Å². The summed E-state index contributed by atoms with van der Waals surface area (Å²) in [5.74, 6) is -3.06. The number of nitrogen functional groups attached to an aromatic ring is 1. The molecule has 6 heteroatoms. The fourth-order valence-electron chi connectivity index (χ4n) is 1.33. The van der Waals surface area contributed by atoms with E-state index in [-0.39, 0.29) is 11.5 Å². The molecule has 0 aliphatic rings. The fourth-order valence-corrected chi connectivity index (χ4v) is 1.33. The van der Waals surface area contributed by atoms with Gasteiger partial charge in [-0.2, -0.15) is 0 Å². The third-order valence-electron chi connectivity index (χ3n) is 2.05. The van der Waals surface area contributed by atoms with Gasteiger partial charge in [0.2, 0.25) is 0 Å². The average Bonchev–Trinajstić information content (AvgIpc) is 2.25. The van der Waals surface area contributed by atoms with Crippen LogP contribution in [0.15, 0.2) is 30.5 Å². The molecule has 0 atom stereocenters. The van der Waals surface area contributed by atoms with E-state index in [4.69, 9.17) is 5.73 Å². The van der Waals surface area contributed by atoms with Gasteiger partial charge in [0.1, 0.15) is 11.6 Å². The molecule has 0 spiro atoms. The van der Waals surface area contributed by atoms with E-state index in [2.05, 4.69) is 10.3 Å². The molecule has 0 fully saturated rings. The van der Waals surface area contributed by atoms with Gasteiger partial charge < -0.3 is 11.1 Å². The first-order chi connectivity index (χ1) is 8.06. The smallest absolute Gasteiger partial charge is 0.182 e. The molecule has 1 aromatic heterocycles. The van der Waals surface area contributed by atoms with Crippen LogP contribution in [0.2, 0.25) is 0 Å². The quantitative estimate of drug-likeness (QED) is 0.792. The number of hydrogen-bond donors (Lipinski definition) is 2. The number of benzene rings is 1. The Balaban J connectivity index is 2.36. The predicted octanol–water partition coefficient (Wildman–Crippen LogP) is 2.82. The molecule has 2 aromatic rings. The van der Waals surface area contributed by atoms with Crippen LogP contribution in [0.3, 0.4) is 0 Å². The van der Waals surface area contributed by atoms with Crippen LogP contribution < -0.4 is 11.1 Å². The van der Waals surface area contributed by atoms with E-state index in [0.717, 1.165) is 6.07 Å². The first kappa shape index (κ1) is 11.3. The number of nitrogens with zero attached hydrogens (tertiary/aromatic N) is 1. The lowest BCUT2D eigenvalue weighted by Gasteiger charge is -2.08. The van der Waals surface area contributed by atoms with Gasteiger partial charge in [-0.25, -0.2) is 18.2 Å². The van der Waals surface area contributed by atoms with Crippen LogP contribution in [0.25, 0.3) is 0 Å². The normalized spacial score (nSPS) is 10.3. The van der Waals surface area contributed by atoms with Gasteiger partial charge in [-0.15, -0.1) is 0 Å². The molecule has 0 saturated heterocycles. The molecular weight excluding hydrogens is 231 g/mol. The number of rotatable bonds is 2. The molecule has 0 radical (unpaired) electrons. The maximum atomic E-state index is 13.3. The molecule has 0 unspecified atom stereocenters. The van der Waals surface area contributed by atoms with E-state index in [9.17, 15) is 13.2 Å². The monoisotopic (exact) mass is 239 g/mol. The largest absolute Gasteiger partial charge is 0.384 e. The number of nitrogens with two attached hydrogens (primary N) is 1. The van der Waals surface area contributed by atoms with E-state index in [1.54, 1.807) is 0 Å². The molecule has 0 amide bonds. The second kappa shape index (κ2) is 4.32. The Kier molecular flexibility index (Phi) is 2.86.